The highest BCUT2D eigenvalue weighted by molar-refractivity contribution is 5.87. The van der Waals surface area contributed by atoms with Crippen molar-refractivity contribution in [3.8, 4) is 0 Å². The molecule has 28 heavy (non-hydrogen) atoms. The van der Waals surface area contributed by atoms with Gasteiger partial charge in [-0.3, -0.25) is 14.4 Å². The third-order valence-electron chi connectivity index (χ3n) is 4.15. The van der Waals surface area contributed by atoms with E-state index in [-0.39, 0.29) is 31.7 Å². The minimum Gasteiger partial charge on any atom is -0.481 e. The number of aliphatic carboxylic acids is 2. The molecule has 8 N–H and O–H groups in total. The first-order chi connectivity index (χ1) is 13.3. The number of likely N-dealkylation sites (N-methyl/N-ethyl adjacent to an activating group) is 2. The van der Waals surface area contributed by atoms with Crippen molar-refractivity contribution in [2.24, 2.45) is 5.73 Å². The van der Waals surface area contributed by atoms with E-state index >= 15 is 0 Å². The number of rotatable bonds is 16. The number of amides is 2. The first-order valence-electron chi connectivity index (χ1n) is 9.40. The third kappa shape index (κ3) is 10.8. The summed E-state index contributed by atoms with van der Waals surface area (Å²) in [6.45, 7) is 3.05. The lowest BCUT2D eigenvalue weighted by Crippen LogP contribution is -2.49. The van der Waals surface area contributed by atoms with Crippen molar-refractivity contribution < 1.29 is 29.4 Å². The van der Waals surface area contributed by atoms with Gasteiger partial charge in [0.15, 0.2) is 0 Å². The van der Waals surface area contributed by atoms with E-state index in [0.717, 1.165) is 0 Å². The highest BCUT2D eigenvalue weighted by Gasteiger charge is 2.24. The van der Waals surface area contributed by atoms with Crippen LogP contribution in [0.3, 0.4) is 0 Å². The van der Waals surface area contributed by atoms with Crippen LogP contribution in [0.5, 0.6) is 0 Å². The zero-order valence-corrected chi connectivity index (χ0v) is 16.5. The van der Waals surface area contributed by atoms with E-state index in [2.05, 4.69) is 21.3 Å². The molecule has 0 aliphatic rings. The zero-order valence-electron chi connectivity index (χ0n) is 16.5. The SMILES string of the molecule is CCN[C@@H](CN)C(=O)NCCCCC(NC(=O)[C@H](CCC(=O)O)NC)C(=O)O. The van der Waals surface area contributed by atoms with Crippen LogP contribution in [0.4, 0.5) is 0 Å². The van der Waals surface area contributed by atoms with Gasteiger partial charge in [0, 0.05) is 19.5 Å². The van der Waals surface area contributed by atoms with Gasteiger partial charge in [-0.15, -0.1) is 0 Å². The molecular weight excluding hydrogens is 370 g/mol. The Morgan fingerprint density at radius 2 is 1.64 bits per heavy atom. The number of hydrogen-bond acceptors (Lipinski definition) is 7. The van der Waals surface area contributed by atoms with E-state index in [1.165, 1.54) is 7.05 Å². The normalized spacial score (nSPS) is 14.0. The summed E-state index contributed by atoms with van der Waals surface area (Å²) in [5.74, 6) is -2.96. The quantitative estimate of drug-likeness (QED) is 0.147. The Bertz CT molecular complexity index is 516. The largest absolute Gasteiger partial charge is 0.481 e. The smallest absolute Gasteiger partial charge is 0.326 e. The molecule has 0 aromatic heterocycles. The van der Waals surface area contributed by atoms with Crippen LogP contribution in [0, 0.1) is 0 Å². The van der Waals surface area contributed by atoms with E-state index in [1.807, 2.05) is 6.92 Å². The maximum atomic E-state index is 12.1. The van der Waals surface area contributed by atoms with Gasteiger partial charge in [0.05, 0.1) is 12.1 Å². The molecule has 2 amide bonds. The van der Waals surface area contributed by atoms with E-state index in [0.29, 0.717) is 25.9 Å². The van der Waals surface area contributed by atoms with Crippen molar-refractivity contribution in [3.63, 3.8) is 0 Å². The summed E-state index contributed by atoms with van der Waals surface area (Å²) >= 11 is 0. The summed E-state index contributed by atoms with van der Waals surface area (Å²) in [6.07, 6.45) is 1.08. The molecule has 0 heterocycles. The average Bonchev–Trinajstić information content (AvgIpc) is 2.64. The number of nitrogens with two attached hydrogens (primary N) is 1. The van der Waals surface area contributed by atoms with Crippen LogP contribution in [0.1, 0.15) is 39.0 Å². The molecule has 11 heteroatoms. The molecule has 0 saturated carbocycles. The second-order valence-electron chi connectivity index (χ2n) is 6.31. The topological polar surface area (TPSA) is 183 Å². The number of carbonyl (C=O) groups is 4. The molecular formula is C17H33N5O6. The molecule has 162 valence electrons. The fourth-order valence-electron chi connectivity index (χ4n) is 2.54. The van der Waals surface area contributed by atoms with Crippen LogP contribution >= 0.6 is 0 Å². The molecule has 0 fully saturated rings. The van der Waals surface area contributed by atoms with Gasteiger partial charge >= 0.3 is 11.9 Å². The molecule has 1 unspecified atom stereocenters. The first kappa shape index (κ1) is 25.8. The standard InChI is InChI=1S/C17H33N5O6/c1-3-20-13(10-18)15(25)21-9-5-4-6-12(17(27)28)22-16(26)11(19-2)7-8-14(23)24/h11-13,19-20H,3-10,18H2,1-2H3,(H,21,25)(H,22,26)(H,23,24)(H,27,28)/t11-,12?,13-/m0/s1. The summed E-state index contributed by atoms with van der Waals surface area (Å²) in [5.41, 5.74) is 5.52. The second-order valence-corrected chi connectivity index (χ2v) is 6.31. The summed E-state index contributed by atoms with van der Waals surface area (Å²) in [6, 6.07) is -2.32. The maximum absolute atomic E-state index is 12.1. The lowest BCUT2D eigenvalue weighted by molar-refractivity contribution is -0.142. The van der Waals surface area contributed by atoms with Crippen LogP contribution in [-0.4, -0.2) is 78.8 Å². The molecule has 11 nitrogen and oxygen atoms in total. The van der Waals surface area contributed by atoms with Gasteiger partial charge in [-0.1, -0.05) is 6.92 Å². The Hall–Kier alpha value is -2.24. The fraction of sp³-hybridized carbons (Fsp3) is 0.765. The van der Waals surface area contributed by atoms with Crippen LogP contribution < -0.4 is 27.0 Å². The molecule has 0 bridgehead atoms. The molecule has 0 aliphatic heterocycles. The zero-order chi connectivity index (χ0) is 21.5. The van der Waals surface area contributed by atoms with Gasteiger partial charge in [0.2, 0.25) is 11.8 Å². The van der Waals surface area contributed by atoms with E-state index in [4.69, 9.17) is 10.8 Å². The second kappa shape index (κ2) is 14.8. The number of carboxylic acids is 2. The van der Waals surface area contributed by atoms with Gasteiger partial charge in [0.1, 0.15) is 6.04 Å². The van der Waals surface area contributed by atoms with Crippen molar-refractivity contribution in [2.45, 2.75) is 57.2 Å². The molecule has 0 saturated heterocycles. The number of unbranched alkanes of at least 4 members (excludes halogenated alkanes) is 1. The summed E-state index contributed by atoms with van der Waals surface area (Å²) in [4.78, 5) is 46.0. The predicted molar refractivity (Wildman–Crippen MR) is 103 cm³/mol. The van der Waals surface area contributed by atoms with Crippen LogP contribution in [0.25, 0.3) is 0 Å². The molecule has 0 aromatic rings. The maximum Gasteiger partial charge on any atom is 0.326 e. The Kier molecular flexibility index (Phi) is 13.6. The van der Waals surface area contributed by atoms with Crippen molar-refractivity contribution in [1.29, 1.82) is 0 Å². The third-order valence-corrected chi connectivity index (χ3v) is 4.15. The summed E-state index contributed by atoms with van der Waals surface area (Å²) < 4.78 is 0. The number of carbonyl (C=O) groups excluding carboxylic acids is 2. The average molecular weight is 403 g/mol. The molecule has 0 radical (unpaired) electrons. The lowest BCUT2D eigenvalue weighted by Gasteiger charge is -2.20. The van der Waals surface area contributed by atoms with E-state index in [9.17, 15) is 24.3 Å². The van der Waals surface area contributed by atoms with Gasteiger partial charge in [0.25, 0.3) is 0 Å². The van der Waals surface area contributed by atoms with Crippen molar-refractivity contribution >= 4 is 23.8 Å². The Labute approximate surface area is 164 Å². The minimum atomic E-state index is -1.17. The van der Waals surface area contributed by atoms with Crippen molar-refractivity contribution in [3.05, 3.63) is 0 Å². The Morgan fingerprint density at radius 1 is 0.964 bits per heavy atom. The van der Waals surface area contributed by atoms with E-state index in [1.54, 1.807) is 0 Å². The van der Waals surface area contributed by atoms with Crippen LogP contribution in [0.2, 0.25) is 0 Å². The number of nitrogens with one attached hydrogen (secondary N) is 4. The van der Waals surface area contributed by atoms with Crippen molar-refractivity contribution in [1.82, 2.24) is 21.3 Å². The monoisotopic (exact) mass is 403 g/mol. The number of hydrogen-bond donors (Lipinski definition) is 7. The Balaban J connectivity index is 4.34. The molecule has 0 aliphatic carbocycles. The predicted octanol–water partition coefficient (Wildman–Crippen LogP) is -1.77. The van der Waals surface area contributed by atoms with E-state index < -0.39 is 36.0 Å². The minimum absolute atomic E-state index is 0.0597. The molecule has 3 atom stereocenters. The van der Waals surface area contributed by atoms with Gasteiger partial charge in [-0.05, 0) is 39.3 Å². The van der Waals surface area contributed by atoms with Gasteiger partial charge in [-0.25, -0.2) is 4.79 Å². The van der Waals surface area contributed by atoms with Crippen LogP contribution in [0.15, 0.2) is 0 Å². The Morgan fingerprint density at radius 3 is 2.14 bits per heavy atom. The lowest BCUT2D eigenvalue weighted by atomic mass is 10.1. The van der Waals surface area contributed by atoms with Gasteiger partial charge < -0.3 is 37.2 Å². The fourth-order valence-corrected chi connectivity index (χ4v) is 2.54. The summed E-state index contributed by atoms with van der Waals surface area (Å²) in [7, 11) is 1.51. The van der Waals surface area contributed by atoms with Crippen molar-refractivity contribution in [2.75, 3.05) is 26.7 Å². The van der Waals surface area contributed by atoms with Crippen LogP contribution in [-0.2, 0) is 19.2 Å². The first-order valence-corrected chi connectivity index (χ1v) is 9.40. The molecule has 0 spiro atoms. The highest BCUT2D eigenvalue weighted by Crippen LogP contribution is 2.04. The molecule has 0 rings (SSSR count). The van der Waals surface area contributed by atoms with Gasteiger partial charge in [-0.2, -0.15) is 0 Å². The summed E-state index contributed by atoms with van der Waals surface area (Å²) in [5, 5.41) is 28.8. The molecule has 0 aromatic carbocycles. The highest BCUT2D eigenvalue weighted by atomic mass is 16.4. The number of carboxylic acid groups (broad SMARTS) is 2.